The maximum absolute atomic E-state index is 13.1. The number of rotatable bonds is 7. The summed E-state index contributed by atoms with van der Waals surface area (Å²) in [4.78, 5) is 25.8. The number of nitrogens with one attached hydrogen (secondary N) is 1. The summed E-state index contributed by atoms with van der Waals surface area (Å²) < 4.78 is 27.3. The summed E-state index contributed by atoms with van der Waals surface area (Å²) >= 11 is 5.99. The molecule has 7 nitrogen and oxygen atoms in total. The summed E-state index contributed by atoms with van der Waals surface area (Å²) in [6.07, 6.45) is 0. The third-order valence-corrected chi connectivity index (χ3v) is 7.09. The van der Waals surface area contributed by atoms with Crippen molar-refractivity contribution in [3.63, 3.8) is 0 Å². The first-order valence-electron chi connectivity index (χ1n) is 10.0. The monoisotopic (exact) mass is 485 g/mol. The Balaban J connectivity index is 1.81. The number of halogens is 1. The molecule has 33 heavy (non-hydrogen) atoms. The Kier molecular flexibility index (Phi) is 7.40. The standard InChI is InChI=1S/C24H24ClN3O4S/c1-17(29)27(2)16-18-7-4-10-21(13-18)26-24(30)19-8-5-12-23(14-19)33(31,32)28(3)22-11-6-9-20(25)15-22/h4-15H,16H2,1-3H3,(H,26,30). The molecule has 0 fully saturated rings. The van der Waals surface area contributed by atoms with Crippen molar-refractivity contribution in [2.24, 2.45) is 0 Å². The molecule has 0 bridgehead atoms. The van der Waals surface area contributed by atoms with E-state index in [0.717, 1.165) is 9.87 Å². The fourth-order valence-electron chi connectivity index (χ4n) is 3.10. The van der Waals surface area contributed by atoms with E-state index in [9.17, 15) is 18.0 Å². The average Bonchev–Trinajstić information content (AvgIpc) is 2.78. The predicted molar refractivity (Wildman–Crippen MR) is 130 cm³/mol. The quantitative estimate of drug-likeness (QED) is 0.537. The number of carbonyl (C=O) groups excluding carboxylic acids is 2. The highest BCUT2D eigenvalue weighted by Gasteiger charge is 2.22. The SMILES string of the molecule is CC(=O)N(C)Cc1cccc(NC(=O)c2cccc(S(=O)(=O)N(C)c3cccc(Cl)c3)c2)c1. The number of hydrogen-bond donors (Lipinski definition) is 1. The largest absolute Gasteiger partial charge is 0.342 e. The first-order valence-corrected chi connectivity index (χ1v) is 11.9. The van der Waals surface area contributed by atoms with E-state index in [1.165, 1.54) is 32.2 Å². The van der Waals surface area contributed by atoms with E-state index in [2.05, 4.69) is 5.32 Å². The fraction of sp³-hybridized carbons (Fsp3) is 0.167. The zero-order valence-electron chi connectivity index (χ0n) is 18.4. The van der Waals surface area contributed by atoms with Crippen LogP contribution in [0.4, 0.5) is 11.4 Å². The van der Waals surface area contributed by atoms with Gasteiger partial charge in [-0.2, -0.15) is 0 Å². The highest BCUT2D eigenvalue weighted by molar-refractivity contribution is 7.92. The lowest BCUT2D eigenvalue weighted by molar-refractivity contribution is -0.128. The first kappa shape index (κ1) is 24.3. The average molecular weight is 486 g/mol. The number of nitrogens with zero attached hydrogens (tertiary/aromatic N) is 2. The van der Waals surface area contributed by atoms with Gasteiger partial charge in [0.15, 0.2) is 0 Å². The summed E-state index contributed by atoms with van der Waals surface area (Å²) in [7, 11) is -0.787. The van der Waals surface area contributed by atoms with Crippen LogP contribution in [-0.2, 0) is 21.4 Å². The third kappa shape index (κ3) is 5.91. The first-order chi connectivity index (χ1) is 15.6. The molecular weight excluding hydrogens is 462 g/mol. The second kappa shape index (κ2) is 10.1. The van der Waals surface area contributed by atoms with Gasteiger partial charge in [-0.25, -0.2) is 8.42 Å². The third-order valence-electron chi connectivity index (χ3n) is 5.07. The van der Waals surface area contributed by atoms with Crippen molar-refractivity contribution in [3.05, 3.63) is 88.9 Å². The Bertz CT molecular complexity index is 1290. The molecule has 0 unspecified atom stereocenters. The van der Waals surface area contributed by atoms with Gasteiger partial charge in [0.05, 0.1) is 10.6 Å². The number of anilines is 2. The van der Waals surface area contributed by atoms with E-state index in [1.807, 2.05) is 6.07 Å². The molecule has 0 aromatic heterocycles. The van der Waals surface area contributed by atoms with Crippen LogP contribution in [0.2, 0.25) is 5.02 Å². The lowest BCUT2D eigenvalue weighted by Gasteiger charge is -2.20. The second-order valence-electron chi connectivity index (χ2n) is 7.51. The van der Waals surface area contributed by atoms with Crippen molar-refractivity contribution in [2.45, 2.75) is 18.4 Å². The lowest BCUT2D eigenvalue weighted by Crippen LogP contribution is -2.26. The van der Waals surface area contributed by atoms with Crippen LogP contribution in [0.15, 0.2) is 77.7 Å². The van der Waals surface area contributed by atoms with Crippen LogP contribution in [0.1, 0.15) is 22.8 Å². The molecule has 3 rings (SSSR count). The molecule has 2 amide bonds. The Morgan fingerprint density at radius 2 is 1.64 bits per heavy atom. The van der Waals surface area contributed by atoms with Crippen molar-refractivity contribution >= 4 is 44.8 Å². The van der Waals surface area contributed by atoms with Gasteiger partial charge in [-0.05, 0) is 54.1 Å². The molecule has 0 saturated heterocycles. The summed E-state index contributed by atoms with van der Waals surface area (Å²) in [5.41, 5.74) is 2.00. The molecule has 0 atom stereocenters. The van der Waals surface area contributed by atoms with Gasteiger partial charge < -0.3 is 10.2 Å². The summed E-state index contributed by atoms with van der Waals surface area (Å²) in [5.74, 6) is -0.514. The number of benzene rings is 3. The summed E-state index contributed by atoms with van der Waals surface area (Å²) in [5, 5.41) is 3.20. The normalized spacial score (nSPS) is 11.0. The number of sulfonamides is 1. The van der Waals surface area contributed by atoms with E-state index in [0.29, 0.717) is 22.9 Å². The van der Waals surface area contributed by atoms with Gasteiger partial charge >= 0.3 is 0 Å². The van der Waals surface area contributed by atoms with Crippen molar-refractivity contribution in [1.82, 2.24) is 4.90 Å². The van der Waals surface area contributed by atoms with Crippen LogP contribution in [0.5, 0.6) is 0 Å². The van der Waals surface area contributed by atoms with Crippen LogP contribution < -0.4 is 9.62 Å². The molecule has 3 aromatic carbocycles. The Morgan fingerprint density at radius 3 is 2.33 bits per heavy atom. The maximum Gasteiger partial charge on any atom is 0.264 e. The van der Waals surface area contributed by atoms with E-state index in [4.69, 9.17) is 11.6 Å². The molecule has 1 N–H and O–H groups in total. The van der Waals surface area contributed by atoms with Crippen molar-refractivity contribution < 1.29 is 18.0 Å². The molecule has 0 aliphatic carbocycles. The number of hydrogen-bond acceptors (Lipinski definition) is 4. The second-order valence-corrected chi connectivity index (χ2v) is 9.92. The van der Waals surface area contributed by atoms with Crippen molar-refractivity contribution in [3.8, 4) is 0 Å². The smallest absolute Gasteiger partial charge is 0.264 e. The van der Waals surface area contributed by atoms with E-state index >= 15 is 0 Å². The van der Waals surface area contributed by atoms with Crippen LogP contribution in [0.3, 0.4) is 0 Å². The molecule has 0 aliphatic rings. The fourth-order valence-corrected chi connectivity index (χ4v) is 4.52. The molecular formula is C24H24ClN3O4S. The van der Waals surface area contributed by atoms with E-state index < -0.39 is 15.9 Å². The molecule has 0 spiro atoms. The van der Waals surface area contributed by atoms with Gasteiger partial charge in [-0.15, -0.1) is 0 Å². The molecule has 0 aliphatic heterocycles. The predicted octanol–water partition coefficient (Wildman–Crippen LogP) is 4.40. The minimum absolute atomic E-state index is 0.0190. The van der Waals surface area contributed by atoms with Gasteiger partial charge in [-0.1, -0.05) is 35.9 Å². The van der Waals surface area contributed by atoms with Crippen LogP contribution in [0.25, 0.3) is 0 Å². The Morgan fingerprint density at radius 1 is 0.939 bits per heavy atom. The van der Waals surface area contributed by atoms with Crippen LogP contribution >= 0.6 is 11.6 Å². The molecule has 0 heterocycles. The summed E-state index contributed by atoms with van der Waals surface area (Å²) in [6, 6.07) is 19.5. The van der Waals surface area contributed by atoms with Gasteiger partial charge in [0.25, 0.3) is 15.9 Å². The molecule has 0 saturated carbocycles. The van der Waals surface area contributed by atoms with E-state index in [1.54, 1.807) is 60.5 Å². The molecule has 172 valence electrons. The van der Waals surface area contributed by atoms with Crippen molar-refractivity contribution in [2.75, 3.05) is 23.7 Å². The molecule has 0 radical (unpaired) electrons. The highest BCUT2D eigenvalue weighted by atomic mass is 35.5. The van der Waals surface area contributed by atoms with Gasteiger partial charge in [0.2, 0.25) is 5.91 Å². The molecule has 9 heteroatoms. The zero-order chi connectivity index (χ0) is 24.2. The highest BCUT2D eigenvalue weighted by Crippen LogP contribution is 2.25. The van der Waals surface area contributed by atoms with E-state index in [-0.39, 0.29) is 16.4 Å². The Labute approximate surface area is 198 Å². The zero-order valence-corrected chi connectivity index (χ0v) is 20.0. The Hall–Kier alpha value is -3.36. The number of amides is 2. The van der Waals surface area contributed by atoms with Gasteiger partial charge in [-0.3, -0.25) is 13.9 Å². The summed E-state index contributed by atoms with van der Waals surface area (Å²) in [6.45, 7) is 1.89. The molecule has 3 aromatic rings. The van der Waals surface area contributed by atoms with Crippen LogP contribution in [0, 0.1) is 0 Å². The van der Waals surface area contributed by atoms with Crippen LogP contribution in [-0.4, -0.2) is 39.2 Å². The van der Waals surface area contributed by atoms with Gasteiger partial charge in [0.1, 0.15) is 0 Å². The topological polar surface area (TPSA) is 86.8 Å². The lowest BCUT2D eigenvalue weighted by atomic mass is 10.1. The number of carbonyl (C=O) groups is 2. The van der Waals surface area contributed by atoms with Crippen molar-refractivity contribution in [1.29, 1.82) is 0 Å². The maximum atomic E-state index is 13.1. The van der Waals surface area contributed by atoms with Gasteiger partial charge in [0, 0.05) is 43.8 Å². The minimum atomic E-state index is -3.91. The minimum Gasteiger partial charge on any atom is -0.342 e.